The Morgan fingerprint density at radius 2 is 1.71 bits per heavy atom. The molecule has 0 aliphatic heterocycles. The van der Waals surface area contributed by atoms with Crippen molar-refractivity contribution in [3.05, 3.63) is 12.2 Å². The molecule has 0 heterocycles. The zero-order valence-electron chi connectivity index (χ0n) is 10.7. The van der Waals surface area contributed by atoms with Crippen molar-refractivity contribution in [1.82, 2.24) is 0 Å². The van der Waals surface area contributed by atoms with Gasteiger partial charge in [-0.25, -0.2) is 4.79 Å². The first kappa shape index (κ1) is 12.7. The maximum absolute atomic E-state index is 10.9. The lowest BCUT2D eigenvalue weighted by molar-refractivity contribution is -0.133. The molecule has 17 heavy (non-hydrogen) atoms. The Labute approximate surface area is 104 Å². The highest BCUT2D eigenvalue weighted by molar-refractivity contribution is 5.85. The van der Waals surface area contributed by atoms with E-state index in [2.05, 4.69) is 6.58 Å². The first-order chi connectivity index (χ1) is 8.14. The van der Waals surface area contributed by atoms with Gasteiger partial charge in [0, 0.05) is 5.57 Å². The van der Waals surface area contributed by atoms with Gasteiger partial charge in [-0.2, -0.15) is 0 Å². The first-order valence-electron chi connectivity index (χ1n) is 7.05. The Balaban J connectivity index is 2.06. The maximum atomic E-state index is 10.9. The smallest absolute Gasteiger partial charge is 0.330 e. The first-order valence-corrected chi connectivity index (χ1v) is 7.05. The molecular formula is C15H24O2. The molecule has 0 saturated heterocycles. The van der Waals surface area contributed by atoms with Crippen molar-refractivity contribution in [3.8, 4) is 0 Å². The van der Waals surface area contributed by atoms with Gasteiger partial charge < -0.3 is 5.11 Å². The van der Waals surface area contributed by atoms with Crippen LogP contribution in [0, 0.1) is 11.3 Å². The van der Waals surface area contributed by atoms with Crippen LogP contribution in [-0.4, -0.2) is 11.1 Å². The summed E-state index contributed by atoms with van der Waals surface area (Å²) in [4.78, 5) is 10.9. The lowest BCUT2D eigenvalue weighted by atomic mass is 9.58. The van der Waals surface area contributed by atoms with Gasteiger partial charge in [0.1, 0.15) is 0 Å². The minimum atomic E-state index is -0.804. The number of carboxylic acid groups (broad SMARTS) is 1. The Kier molecular flexibility index (Phi) is 3.90. The molecule has 1 N–H and O–H groups in total. The number of hydrogen-bond acceptors (Lipinski definition) is 1. The zero-order valence-corrected chi connectivity index (χ0v) is 10.7. The van der Waals surface area contributed by atoms with Crippen LogP contribution in [-0.2, 0) is 4.79 Å². The second kappa shape index (κ2) is 5.24. The molecule has 0 aromatic heterocycles. The summed E-state index contributed by atoms with van der Waals surface area (Å²) in [6.07, 6.45) is 12.6. The Bertz CT molecular complexity index is 292. The van der Waals surface area contributed by atoms with Crippen molar-refractivity contribution in [2.75, 3.05) is 0 Å². The largest absolute Gasteiger partial charge is 0.478 e. The van der Waals surface area contributed by atoms with E-state index in [-0.39, 0.29) is 0 Å². The molecule has 2 saturated carbocycles. The molecule has 1 unspecified atom stereocenters. The molecule has 2 rings (SSSR count). The number of aliphatic carboxylic acids is 1. The fourth-order valence-corrected chi connectivity index (χ4v) is 4.00. The summed E-state index contributed by atoms with van der Waals surface area (Å²) in [5, 5.41) is 9.00. The summed E-state index contributed by atoms with van der Waals surface area (Å²) in [5.41, 5.74) is 0.886. The van der Waals surface area contributed by atoms with Crippen LogP contribution in [0.2, 0.25) is 0 Å². The van der Waals surface area contributed by atoms with E-state index in [1.807, 2.05) is 0 Å². The van der Waals surface area contributed by atoms with E-state index < -0.39 is 5.97 Å². The average Bonchev–Trinajstić information content (AvgIpc) is 2.33. The summed E-state index contributed by atoms with van der Waals surface area (Å²) in [6.45, 7) is 3.73. The molecule has 2 nitrogen and oxygen atoms in total. The van der Waals surface area contributed by atoms with Gasteiger partial charge in [-0.15, -0.1) is 0 Å². The van der Waals surface area contributed by atoms with Crippen molar-refractivity contribution < 1.29 is 9.90 Å². The fourth-order valence-electron chi connectivity index (χ4n) is 4.00. The molecular weight excluding hydrogens is 212 g/mol. The van der Waals surface area contributed by atoms with Gasteiger partial charge in [0.05, 0.1) is 0 Å². The number of carbonyl (C=O) groups is 1. The molecule has 2 fully saturated rings. The molecule has 0 aromatic carbocycles. The third-order valence-electron chi connectivity index (χ3n) is 4.99. The van der Waals surface area contributed by atoms with Crippen LogP contribution < -0.4 is 0 Å². The van der Waals surface area contributed by atoms with Crippen LogP contribution in [0.1, 0.15) is 64.2 Å². The molecule has 0 radical (unpaired) electrons. The Morgan fingerprint density at radius 1 is 1.12 bits per heavy atom. The normalized spacial score (nSPS) is 27.9. The standard InChI is InChI=1S/C15H24O2/c1-12(14(16)17)11-13-7-3-6-10-15(13)8-4-2-5-9-15/h13H,1-11H2,(H,16,17). The summed E-state index contributed by atoms with van der Waals surface area (Å²) in [6, 6.07) is 0. The molecule has 0 aromatic rings. The van der Waals surface area contributed by atoms with E-state index in [4.69, 9.17) is 5.11 Å². The van der Waals surface area contributed by atoms with Gasteiger partial charge in [-0.05, 0) is 43.4 Å². The minimum absolute atomic E-state index is 0.418. The highest BCUT2D eigenvalue weighted by Gasteiger charge is 2.41. The van der Waals surface area contributed by atoms with Gasteiger partial charge in [0.25, 0.3) is 0 Å². The van der Waals surface area contributed by atoms with E-state index in [1.165, 1.54) is 57.8 Å². The maximum Gasteiger partial charge on any atom is 0.330 e. The van der Waals surface area contributed by atoms with Gasteiger partial charge in [0.15, 0.2) is 0 Å². The van der Waals surface area contributed by atoms with Crippen molar-refractivity contribution in [1.29, 1.82) is 0 Å². The van der Waals surface area contributed by atoms with E-state index >= 15 is 0 Å². The summed E-state index contributed by atoms with van der Waals surface area (Å²) >= 11 is 0. The number of rotatable bonds is 3. The van der Waals surface area contributed by atoms with Crippen molar-refractivity contribution in [3.63, 3.8) is 0 Å². The van der Waals surface area contributed by atoms with Crippen LogP contribution in [0.3, 0.4) is 0 Å². The highest BCUT2D eigenvalue weighted by Crippen LogP contribution is 2.52. The van der Waals surface area contributed by atoms with E-state index in [0.29, 0.717) is 16.9 Å². The predicted molar refractivity (Wildman–Crippen MR) is 68.9 cm³/mol. The second-order valence-corrected chi connectivity index (χ2v) is 5.98. The minimum Gasteiger partial charge on any atom is -0.478 e. The van der Waals surface area contributed by atoms with Crippen LogP contribution in [0.15, 0.2) is 12.2 Å². The number of hydrogen-bond donors (Lipinski definition) is 1. The lowest BCUT2D eigenvalue weighted by Crippen LogP contribution is -2.36. The van der Waals surface area contributed by atoms with E-state index in [9.17, 15) is 4.79 Å². The van der Waals surface area contributed by atoms with Crippen molar-refractivity contribution in [2.24, 2.45) is 11.3 Å². The SMILES string of the molecule is C=C(CC1CCCCC12CCCCC2)C(=O)O. The van der Waals surface area contributed by atoms with Gasteiger partial charge in [0.2, 0.25) is 0 Å². The van der Waals surface area contributed by atoms with Crippen molar-refractivity contribution >= 4 is 5.97 Å². The molecule has 96 valence electrons. The predicted octanol–water partition coefficient (Wildman–Crippen LogP) is 4.16. The highest BCUT2D eigenvalue weighted by atomic mass is 16.4. The number of carboxylic acids is 1. The van der Waals surface area contributed by atoms with Gasteiger partial charge >= 0.3 is 5.97 Å². The fraction of sp³-hybridized carbons (Fsp3) is 0.800. The van der Waals surface area contributed by atoms with Gasteiger partial charge in [-0.1, -0.05) is 38.7 Å². The summed E-state index contributed by atoms with van der Waals surface area (Å²) < 4.78 is 0. The van der Waals surface area contributed by atoms with E-state index in [0.717, 1.165) is 6.42 Å². The van der Waals surface area contributed by atoms with Crippen LogP contribution >= 0.6 is 0 Å². The quantitative estimate of drug-likeness (QED) is 0.747. The third kappa shape index (κ3) is 2.72. The van der Waals surface area contributed by atoms with Crippen LogP contribution in [0.25, 0.3) is 0 Å². The Morgan fingerprint density at radius 3 is 2.29 bits per heavy atom. The summed E-state index contributed by atoms with van der Waals surface area (Å²) in [7, 11) is 0. The average molecular weight is 236 g/mol. The molecule has 1 atom stereocenters. The third-order valence-corrected chi connectivity index (χ3v) is 4.99. The second-order valence-electron chi connectivity index (χ2n) is 5.98. The zero-order chi connectivity index (χ0) is 12.3. The topological polar surface area (TPSA) is 37.3 Å². The molecule has 2 heteroatoms. The molecule has 1 spiro atoms. The molecule has 0 amide bonds. The molecule has 0 bridgehead atoms. The van der Waals surface area contributed by atoms with Gasteiger partial charge in [-0.3, -0.25) is 0 Å². The monoisotopic (exact) mass is 236 g/mol. The van der Waals surface area contributed by atoms with Crippen LogP contribution in [0.5, 0.6) is 0 Å². The lowest BCUT2D eigenvalue weighted by Gasteiger charge is -2.47. The summed E-state index contributed by atoms with van der Waals surface area (Å²) in [5.74, 6) is -0.221. The Hall–Kier alpha value is -0.790. The van der Waals surface area contributed by atoms with E-state index in [1.54, 1.807) is 0 Å². The molecule has 2 aliphatic rings. The molecule has 2 aliphatic carbocycles. The van der Waals surface area contributed by atoms with Crippen molar-refractivity contribution in [2.45, 2.75) is 64.2 Å². The van der Waals surface area contributed by atoms with Crippen LogP contribution in [0.4, 0.5) is 0 Å².